The number of anilines is 2. The van der Waals surface area contributed by atoms with Crippen molar-refractivity contribution < 1.29 is 13.2 Å². The summed E-state index contributed by atoms with van der Waals surface area (Å²) in [6.07, 6.45) is 3.77. The van der Waals surface area contributed by atoms with Crippen molar-refractivity contribution in [2.75, 3.05) is 42.5 Å². The van der Waals surface area contributed by atoms with E-state index in [9.17, 15) is 13.2 Å². The summed E-state index contributed by atoms with van der Waals surface area (Å²) in [5.41, 5.74) is 2.76. The molecule has 0 radical (unpaired) electrons. The number of nitrogens with zero attached hydrogens (tertiary/aromatic N) is 3. The van der Waals surface area contributed by atoms with E-state index in [1.165, 1.54) is 0 Å². The fourth-order valence-corrected chi connectivity index (χ4v) is 6.40. The van der Waals surface area contributed by atoms with Crippen LogP contribution in [0.3, 0.4) is 0 Å². The summed E-state index contributed by atoms with van der Waals surface area (Å²) in [6.45, 7) is 2.66. The fraction of sp³-hybridized carbons (Fsp3) is 0.435. The van der Waals surface area contributed by atoms with Crippen LogP contribution in [-0.4, -0.2) is 51.4 Å². The number of halogens is 1. The van der Waals surface area contributed by atoms with Gasteiger partial charge in [-0.05, 0) is 55.2 Å². The van der Waals surface area contributed by atoms with E-state index >= 15 is 0 Å². The molecular formula is C23H26ClN3O3S. The Hall–Kier alpha value is -2.09. The van der Waals surface area contributed by atoms with E-state index in [4.69, 9.17) is 11.6 Å². The quantitative estimate of drug-likeness (QED) is 0.701. The van der Waals surface area contributed by atoms with E-state index in [0.717, 1.165) is 36.2 Å². The number of sulfonamides is 1. The molecule has 1 amide bonds. The van der Waals surface area contributed by atoms with Gasteiger partial charge in [-0.15, -0.1) is 0 Å². The van der Waals surface area contributed by atoms with Crippen molar-refractivity contribution >= 4 is 38.9 Å². The number of hydrogen-bond donors (Lipinski definition) is 0. The van der Waals surface area contributed by atoms with Gasteiger partial charge in [0.05, 0.1) is 15.6 Å². The van der Waals surface area contributed by atoms with E-state index in [2.05, 4.69) is 4.90 Å². The molecule has 2 aromatic carbocycles. The van der Waals surface area contributed by atoms with Gasteiger partial charge in [-0.25, -0.2) is 8.42 Å². The Bertz CT molecular complexity index is 1110. The molecule has 5 rings (SSSR count). The molecular weight excluding hydrogens is 434 g/mol. The number of fused-ring (bicyclic) bond motifs is 1. The van der Waals surface area contributed by atoms with Crippen molar-refractivity contribution in [1.29, 1.82) is 0 Å². The highest BCUT2D eigenvalue weighted by Crippen LogP contribution is 2.36. The van der Waals surface area contributed by atoms with E-state index in [0.29, 0.717) is 49.1 Å². The van der Waals surface area contributed by atoms with E-state index in [1.807, 2.05) is 35.2 Å². The van der Waals surface area contributed by atoms with Gasteiger partial charge in [0, 0.05) is 44.3 Å². The minimum Gasteiger partial charge on any atom is -0.368 e. The number of benzene rings is 2. The Labute approximate surface area is 188 Å². The molecule has 1 aliphatic carbocycles. The second-order valence-electron chi connectivity index (χ2n) is 8.50. The molecule has 0 bridgehead atoms. The van der Waals surface area contributed by atoms with Crippen LogP contribution in [0.25, 0.3) is 0 Å². The number of para-hydroxylation sites is 1. The topological polar surface area (TPSA) is 60.9 Å². The van der Waals surface area contributed by atoms with Gasteiger partial charge in [0.15, 0.2) is 0 Å². The van der Waals surface area contributed by atoms with Crippen LogP contribution in [0.5, 0.6) is 0 Å². The fourth-order valence-electron chi connectivity index (χ4n) is 4.67. The lowest BCUT2D eigenvalue weighted by atomic mass is 9.84. The third-order valence-corrected chi connectivity index (χ3v) is 8.95. The first kappa shape index (κ1) is 20.8. The van der Waals surface area contributed by atoms with Crippen LogP contribution in [0, 0.1) is 5.92 Å². The highest BCUT2D eigenvalue weighted by molar-refractivity contribution is 7.89. The standard InChI is InChI=1S/C23H26ClN3O3S/c24-20-6-1-2-7-22(20)25-12-14-26(15-13-25)31(29,30)19-8-9-21-18(16-19)10-11-27(21)23(28)17-4-3-5-17/h1-2,6-9,16-17H,3-5,10-15H2. The van der Waals surface area contributed by atoms with E-state index < -0.39 is 10.0 Å². The smallest absolute Gasteiger partial charge is 0.243 e. The maximum Gasteiger partial charge on any atom is 0.243 e. The molecule has 0 atom stereocenters. The Balaban J connectivity index is 1.30. The summed E-state index contributed by atoms with van der Waals surface area (Å²) in [6, 6.07) is 12.9. The predicted octanol–water partition coefficient (Wildman–Crippen LogP) is 3.54. The zero-order valence-corrected chi connectivity index (χ0v) is 18.9. The number of rotatable bonds is 4. The Morgan fingerprint density at radius 3 is 2.35 bits per heavy atom. The number of hydrogen-bond acceptors (Lipinski definition) is 4. The van der Waals surface area contributed by atoms with Crippen molar-refractivity contribution in [3.05, 3.63) is 53.1 Å². The van der Waals surface area contributed by atoms with Gasteiger partial charge in [0.2, 0.25) is 15.9 Å². The second kappa shape index (κ2) is 8.11. The molecule has 8 heteroatoms. The Morgan fingerprint density at radius 2 is 1.68 bits per heavy atom. The highest BCUT2D eigenvalue weighted by atomic mass is 35.5. The lowest BCUT2D eigenvalue weighted by Crippen LogP contribution is -2.48. The van der Waals surface area contributed by atoms with Crippen LogP contribution in [0.4, 0.5) is 11.4 Å². The lowest BCUT2D eigenvalue weighted by Gasteiger charge is -2.35. The van der Waals surface area contributed by atoms with Crippen LogP contribution in [-0.2, 0) is 21.2 Å². The Kier molecular flexibility index (Phi) is 5.44. The third-order valence-electron chi connectivity index (χ3n) is 6.74. The van der Waals surface area contributed by atoms with Gasteiger partial charge < -0.3 is 9.80 Å². The molecule has 164 valence electrons. The summed E-state index contributed by atoms with van der Waals surface area (Å²) in [5, 5.41) is 0.679. The second-order valence-corrected chi connectivity index (χ2v) is 10.8. The molecule has 2 aliphatic heterocycles. The largest absolute Gasteiger partial charge is 0.368 e. The van der Waals surface area contributed by atoms with Crippen LogP contribution in [0.15, 0.2) is 47.4 Å². The lowest BCUT2D eigenvalue weighted by molar-refractivity contribution is -0.124. The maximum absolute atomic E-state index is 13.3. The van der Waals surface area contributed by atoms with Gasteiger partial charge in [-0.2, -0.15) is 4.31 Å². The van der Waals surface area contributed by atoms with Crippen LogP contribution in [0.1, 0.15) is 24.8 Å². The first-order chi connectivity index (χ1) is 14.9. The summed E-state index contributed by atoms with van der Waals surface area (Å²) < 4.78 is 28.1. The normalized spacial score (nSPS) is 19.9. The van der Waals surface area contributed by atoms with Crippen molar-refractivity contribution in [2.24, 2.45) is 5.92 Å². The Morgan fingerprint density at radius 1 is 0.935 bits per heavy atom. The van der Waals surface area contributed by atoms with Crippen LogP contribution >= 0.6 is 11.6 Å². The van der Waals surface area contributed by atoms with E-state index in [-0.39, 0.29) is 11.8 Å². The van der Waals surface area contributed by atoms with Crippen LogP contribution < -0.4 is 9.80 Å². The molecule has 3 aliphatic rings. The van der Waals surface area contributed by atoms with Crippen LogP contribution in [0.2, 0.25) is 5.02 Å². The van der Waals surface area contributed by atoms with Gasteiger partial charge >= 0.3 is 0 Å². The first-order valence-corrected chi connectivity index (χ1v) is 12.7. The zero-order valence-electron chi connectivity index (χ0n) is 17.3. The molecule has 0 N–H and O–H groups in total. The average Bonchev–Trinajstić information content (AvgIpc) is 3.16. The summed E-state index contributed by atoms with van der Waals surface area (Å²) in [5.74, 6) is 0.333. The minimum atomic E-state index is -3.58. The first-order valence-electron chi connectivity index (χ1n) is 10.9. The number of piperazine rings is 1. The number of amides is 1. The molecule has 0 spiro atoms. The van der Waals surface area contributed by atoms with Gasteiger partial charge in [-0.3, -0.25) is 4.79 Å². The number of carbonyl (C=O) groups excluding carboxylic acids is 1. The van der Waals surface area contributed by atoms with Gasteiger partial charge in [-0.1, -0.05) is 30.2 Å². The molecule has 31 heavy (non-hydrogen) atoms. The molecule has 6 nitrogen and oxygen atoms in total. The molecule has 1 saturated heterocycles. The SMILES string of the molecule is O=C(C1CCC1)N1CCc2cc(S(=O)(=O)N3CCN(c4ccccc4Cl)CC3)ccc21. The zero-order chi connectivity index (χ0) is 21.6. The van der Waals surface area contributed by atoms with Crippen molar-refractivity contribution in [3.8, 4) is 0 Å². The minimum absolute atomic E-state index is 0.142. The molecule has 2 aromatic rings. The summed E-state index contributed by atoms with van der Waals surface area (Å²) >= 11 is 6.30. The molecule has 0 unspecified atom stereocenters. The summed E-state index contributed by atoms with van der Waals surface area (Å²) in [7, 11) is -3.58. The van der Waals surface area contributed by atoms with Crippen molar-refractivity contribution in [1.82, 2.24) is 4.31 Å². The van der Waals surface area contributed by atoms with Gasteiger partial charge in [0.25, 0.3) is 0 Å². The summed E-state index contributed by atoms with van der Waals surface area (Å²) in [4.78, 5) is 17.0. The molecule has 0 aromatic heterocycles. The maximum atomic E-state index is 13.3. The van der Waals surface area contributed by atoms with Crippen molar-refractivity contribution in [3.63, 3.8) is 0 Å². The predicted molar refractivity (Wildman–Crippen MR) is 122 cm³/mol. The molecule has 2 heterocycles. The highest BCUT2D eigenvalue weighted by Gasteiger charge is 2.35. The molecule has 1 saturated carbocycles. The third kappa shape index (κ3) is 3.73. The van der Waals surface area contributed by atoms with Crippen molar-refractivity contribution in [2.45, 2.75) is 30.6 Å². The monoisotopic (exact) mass is 459 g/mol. The van der Waals surface area contributed by atoms with Gasteiger partial charge in [0.1, 0.15) is 0 Å². The average molecular weight is 460 g/mol. The number of carbonyl (C=O) groups is 1. The van der Waals surface area contributed by atoms with E-state index in [1.54, 1.807) is 16.4 Å². The molecule has 2 fully saturated rings.